The fourth-order valence-corrected chi connectivity index (χ4v) is 3.58. The van der Waals surface area contributed by atoms with Crippen molar-refractivity contribution in [2.45, 2.75) is 13.8 Å². The zero-order valence-electron chi connectivity index (χ0n) is 12.4. The number of benzene rings is 1. The first kappa shape index (κ1) is 15.9. The van der Waals surface area contributed by atoms with Gasteiger partial charge in [-0.3, -0.25) is 9.05 Å². The van der Waals surface area contributed by atoms with Gasteiger partial charge < -0.3 is 0 Å². The van der Waals surface area contributed by atoms with Gasteiger partial charge in [0.1, 0.15) is 0 Å². The maximum Gasteiger partial charge on any atom is 0.442 e. The molecule has 21 heavy (non-hydrogen) atoms. The zero-order chi connectivity index (χ0) is 15.3. The van der Waals surface area contributed by atoms with E-state index in [9.17, 15) is 4.57 Å². The second-order valence-corrected chi connectivity index (χ2v) is 7.59. The van der Waals surface area contributed by atoms with Crippen molar-refractivity contribution in [3.05, 3.63) is 48.6 Å². The highest BCUT2D eigenvalue weighted by Crippen LogP contribution is 2.56. The van der Waals surface area contributed by atoms with E-state index in [1.807, 2.05) is 44.2 Å². The number of nitrogens with zero attached hydrogens (tertiary/aromatic N) is 1. The van der Waals surface area contributed by atoms with E-state index in [1.54, 1.807) is 6.08 Å². The SMILES string of the molecule is C=CCN(C#Cc1ccccc1)P1(=O)OCC(C)(C)CO1. The molecule has 0 N–H and O–H groups in total. The van der Waals surface area contributed by atoms with Gasteiger partial charge in [-0.15, -0.1) is 6.58 Å². The van der Waals surface area contributed by atoms with Crippen molar-refractivity contribution >= 4 is 7.75 Å². The summed E-state index contributed by atoms with van der Waals surface area (Å²) in [5, 5.41) is 0. The molecule has 5 heteroatoms. The molecule has 0 radical (unpaired) electrons. The average molecular weight is 305 g/mol. The molecule has 1 aromatic carbocycles. The van der Waals surface area contributed by atoms with Gasteiger partial charge in [0.05, 0.1) is 19.8 Å². The van der Waals surface area contributed by atoms with E-state index in [4.69, 9.17) is 9.05 Å². The molecule has 0 saturated carbocycles. The van der Waals surface area contributed by atoms with Crippen molar-refractivity contribution in [3.8, 4) is 12.0 Å². The third-order valence-electron chi connectivity index (χ3n) is 2.94. The molecule has 0 bridgehead atoms. The molecule has 1 aliphatic rings. The lowest BCUT2D eigenvalue weighted by Crippen LogP contribution is -2.33. The Morgan fingerprint density at radius 1 is 1.33 bits per heavy atom. The van der Waals surface area contributed by atoms with Gasteiger partial charge in [0.15, 0.2) is 0 Å². The molecule has 1 aliphatic heterocycles. The average Bonchev–Trinajstić information content (AvgIpc) is 2.48. The van der Waals surface area contributed by atoms with Gasteiger partial charge in [-0.25, -0.2) is 9.24 Å². The highest BCUT2D eigenvalue weighted by molar-refractivity contribution is 7.51. The van der Waals surface area contributed by atoms with E-state index in [1.165, 1.54) is 4.67 Å². The molecular formula is C16H20NO3P. The van der Waals surface area contributed by atoms with Crippen LogP contribution in [0.1, 0.15) is 19.4 Å². The van der Waals surface area contributed by atoms with Crippen molar-refractivity contribution in [1.29, 1.82) is 0 Å². The predicted octanol–water partition coefficient (Wildman–Crippen LogP) is 3.66. The molecule has 1 heterocycles. The number of hydrogen-bond acceptors (Lipinski definition) is 3. The standard InChI is InChI=1S/C16H20NO3P/c1-4-11-17(12-10-15-8-6-5-7-9-15)21(18)19-13-16(2,3)14-20-21/h4-9H,1,11,13-14H2,2-3H3. The molecule has 4 nitrogen and oxygen atoms in total. The van der Waals surface area contributed by atoms with Crippen LogP contribution in [-0.4, -0.2) is 24.4 Å². The summed E-state index contributed by atoms with van der Waals surface area (Å²) in [5.41, 5.74) is 0.705. The topological polar surface area (TPSA) is 38.8 Å². The fourth-order valence-electron chi connectivity index (χ4n) is 1.71. The minimum absolute atomic E-state index is 0.138. The Labute approximate surface area is 126 Å². The van der Waals surface area contributed by atoms with E-state index >= 15 is 0 Å². The maximum atomic E-state index is 12.8. The van der Waals surface area contributed by atoms with Gasteiger partial charge in [-0.05, 0) is 18.1 Å². The molecule has 0 aromatic heterocycles. The van der Waals surface area contributed by atoms with E-state index in [0.29, 0.717) is 19.8 Å². The highest BCUT2D eigenvalue weighted by Gasteiger charge is 2.40. The zero-order valence-corrected chi connectivity index (χ0v) is 13.3. The van der Waals surface area contributed by atoms with Crippen LogP contribution in [0, 0.1) is 17.4 Å². The monoisotopic (exact) mass is 305 g/mol. The van der Waals surface area contributed by atoms with E-state index in [2.05, 4.69) is 18.5 Å². The van der Waals surface area contributed by atoms with Crippen LogP contribution in [0.25, 0.3) is 0 Å². The lowest BCUT2D eigenvalue weighted by molar-refractivity contribution is 0.0278. The molecule has 0 unspecified atom stereocenters. The summed E-state index contributed by atoms with van der Waals surface area (Å²) in [5.74, 6) is 2.97. The van der Waals surface area contributed by atoms with Crippen molar-refractivity contribution < 1.29 is 13.6 Å². The Bertz CT molecular complexity index is 587. The lowest BCUT2D eigenvalue weighted by Gasteiger charge is -2.36. The Balaban J connectivity index is 2.18. The van der Waals surface area contributed by atoms with Gasteiger partial charge in [0, 0.05) is 17.0 Å². The first-order chi connectivity index (χ1) is 9.95. The number of rotatable bonds is 3. The summed E-state index contributed by atoms with van der Waals surface area (Å²) in [7, 11) is -3.37. The minimum atomic E-state index is -3.37. The van der Waals surface area contributed by atoms with Crippen molar-refractivity contribution in [2.75, 3.05) is 19.8 Å². The summed E-state index contributed by atoms with van der Waals surface area (Å²) in [6, 6.07) is 12.4. The van der Waals surface area contributed by atoms with Crippen LogP contribution < -0.4 is 0 Å². The van der Waals surface area contributed by atoms with Crippen molar-refractivity contribution in [2.24, 2.45) is 5.41 Å². The van der Waals surface area contributed by atoms with Crippen LogP contribution in [-0.2, 0) is 13.6 Å². The molecule has 1 saturated heterocycles. The maximum absolute atomic E-state index is 12.8. The summed E-state index contributed by atoms with van der Waals surface area (Å²) in [4.78, 5) is 0. The Kier molecular flexibility index (Phi) is 4.90. The molecule has 0 aliphatic carbocycles. The van der Waals surface area contributed by atoms with Crippen LogP contribution in [0.4, 0.5) is 0 Å². The normalized spacial score (nSPS) is 19.1. The predicted molar refractivity (Wildman–Crippen MR) is 83.5 cm³/mol. The van der Waals surface area contributed by atoms with Gasteiger partial charge >= 0.3 is 7.75 Å². The van der Waals surface area contributed by atoms with Crippen LogP contribution >= 0.6 is 7.75 Å². The molecule has 0 atom stereocenters. The first-order valence-electron chi connectivity index (χ1n) is 6.80. The van der Waals surface area contributed by atoms with Gasteiger partial charge in [0.25, 0.3) is 0 Å². The second kappa shape index (κ2) is 6.49. The Morgan fingerprint density at radius 2 is 1.95 bits per heavy atom. The van der Waals surface area contributed by atoms with Crippen LogP contribution in [0.2, 0.25) is 0 Å². The van der Waals surface area contributed by atoms with Crippen LogP contribution in [0.3, 0.4) is 0 Å². The number of hydrogen-bond donors (Lipinski definition) is 0. The largest absolute Gasteiger partial charge is 0.442 e. The van der Waals surface area contributed by atoms with Gasteiger partial charge in [0.2, 0.25) is 0 Å². The summed E-state index contributed by atoms with van der Waals surface area (Å²) in [6.07, 6.45) is 1.63. The summed E-state index contributed by atoms with van der Waals surface area (Å²) >= 11 is 0. The van der Waals surface area contributed by atoms with Gasteiger partial charge in [-0.2, -0.15) is 0 Å². The van der Waals surface area contributed by atoms with Gasteiger partial charge in [-0.1, -0.05) is 38.1 Å². The second-order valence-electron chi connectivity index (χ2n) is 5.65. The smallest absolute Gasteiger partial charge is 0.291 e. The Morgan fingerprint density at radius 3 is 2.52 bits per heavy atom. The van der Waals surface area contributed by atoms with E-state index in [-0.39, 0.29) is 5.41 Å². The summed E-state index contributed by atoms with van der Waals surface area (Å²) < 4.78 is 25.2. The molecule has 112 valence electrons. The molecule has 1 fully saturated rings. The van der Waals surface area contributed by atoms with Crippen LogP contribution in [0.5, 0.6) is 0 Å². The third kappa shape index (κ3) is 4.22. The first-order valence-corrected chi connectivity index (χ1v) is 8.29. The van der Waals surface area contributed by atoms with Crippen molar-refractivity contribution in [3.63, 3.8) is 0 Å². The third-order valence-corrected chi connectivity index (χ3v) is 4.70. The van der Waals surface area contributed by atoms with E-state index < -0.39 is 7.75 Å². The fraction of sp³-hybridized carbons (Fsp3) is 0.375. The minimum Gasteiger partial charge on any atom is -0.291 e. The lowest BCUT2D eigenvalue weighted by atomic mass is 9.97. The molecule has 1 aromatic rings. The molecule has 0 spiro atoms. The van der Waals surface area contributed by atoms with Crippen LogP contribution in [0.15, 0.2) is 43.0 Å². The van der Waals surface area contributed by atoms with E-state index in [0.717, 1.165) is 5.56 Å². The summed E-state index contributed by atoms with van der Waals surface area (Å²) in [6.45, 7) is 8.75. The van der Waals surface area contributed by atoms with Crippen molar-refractivity contribution in [1.82, 2.24) is 4.67 Å². The quantitative estimate of drug-likeness (QED) is 0.370. The highest BCUT2D eigenvalue weighted by atomic mass is 31.2. The Hall–Kier alpha value is -1.53. The molecule has 2 rings (SSSR count). The molecular weight excluding hydrogens is 285 g/mol. The molecule has 0 amide bonds.